The highest BCUT2D eigenvalue weighted by Gasteiger charge is 2.49. The average Bonchev–Trinajstić information content (AvgIpc) is 3.10. The van der Waals surface area contributed by atoms with Crippen LogP contribution in [0, 0.1) is 12.3 Å². The number of nitrogens with one attached hydrogen (secondary N) is 1. The van der Waals surface area contributed by atoms with E-state index in [1.54, 1.807) is 7.11 Å². The number of aliphatic hydroxyl groups excluding tert-OH is 1. The summed E-state index contributed by atoms with van der Waals surface area (Å²) in [4.78, 5) is 0. The zero-order chi connectivity index (χ0) is 13.3. The Kier molecular flexibility index (Phi) is 3.85. The number of halogens is 1. The van der Waals surface area contributed by atoms with Crippen LogP contribution in [0.15, 0.2) is 12.1 Å². The average molecular weight is 270 g/mol. The van der Waals surface area contributed by atoms with Gasteiger partial charge in [-0.25, -0.2) is 0 Å². The Labute approximate surface area is 113 Å². The van der Waals surface area contributed by atoms with Crippen LogP contribution >= 0.6 is 11.6 Å². The summed E-state index contributed by atoms with van der Waals surface area (Å²) in [5.41, 5.74) is 2.00. The van der Waals surface area contributed by atoms with E-state index in [-0.39, 0.29) is 18.1 Å². The molecule has 18 heavy (non-hydrogen) atoms. The van der Waals surface area contributed by atoms with Gasteiger partial charge in [0.1, 0.15) is 5.75 Å². The summed E-state index contributed by atoms with van der Waals surface area (Å²) in [6, 6.07) is 3.91. The fraction of sp³-hybridized carbons (Fsp3) is 0.571. The molecule has 1 aliphatic carbocycles. The minimum absolute atomic E-state index is 0.0564. The molecule has 1 aromatic rings. The van der Waals surface area contributed by atoms with Crippen LogP contribution in [-0.4, -0.2) is 25.9 Å². The highest BCUT2D eigenvalue weighted by Crippen LogP contribution is 2.56. The fourth-order valence-corrected chi connectivity index (χ4v) is 3.02. The van der Waals surface area contributed by atoms with Crippen molar-refractivity contribution in [2.45, 2.75) is 25.8 Å². The standard InChI is InChI=1S/C14H20ClNO2/c1-9-6-10(15)7-11(12(9)18-3)13(16-2)14(8-17)4-5-14/h6-7,13,16-17H,4-5,8H2,1-3H3. The topological polar surface area (TPSA) is 41.5 Å². The van der Waals surface area contributed by atoms with Gasteiger partial charge in [-0.15, -0.1) is 0 Å². The molecule has 1 aromatic carbocycles. The predicted octanol–water partition coefficient (Wildman–Crippen LogP) is 2.69. The number of benzene rings is 1. The molecule has 100 valence electrons. The molecular weight excluding hydrogens is 250 g/mol. The molecule has 1 saturated carbocycles. The van der Waals surface area contributed by atoms with Crippen LogP contribution in [-0.2, 0) is 0 Å². The second-order valence-corrected chi connectivity index (χ2v) is 5.52. The van der Waals surface area contributed by atoms with Crippen molar-refractivity contribution in [1.29, 1.82) is 0 Å². The van der Waals surface area contributed by atoms with Crippen molar-refractivity contribution >= 4 is 11.6 Å². The zero-order valence-electron chi connectivity index (χ0n) is 11.1. The lowest BCUT2D eigenvalue weighted by molar-refractivity contribution is 0.173. The first-order valence-electron chi connectivity index (χ1n) is 6.20. The molecule has 4 heteroatoms. The van der Waals surface area contributed by atoms with Gasteiger partial charge in [0.2, 0.25) is 0 Å². The third-order valence-corrected chi connectivity index (χ3v) is 4.11. The summed E-state index contributed by atoms with van der Waals surface area (Å²) in [5.74, 6) is 0.860. The Morgan fingerprint density at radius 2 is 2.17 bits per heavy atom. The largest absolute Gasteiger partial charge is 0.496 e. The zero-order valence-corrected chi connectivity index (χ0v) is 11.8. The first kappa shape index (κ1) is 13.7. The predicted molar refractivity (Wildman–Crippen MR) is 73.3 cm³/mol. The van der Waals surface area contributed by atoms with Gasteiger partial charge in [0.25, 0.3) is 0 Å². The van der Waals surface area contributed by atoms with Crippen LogP contribution in [0.4, 0.5) is 0 Å². The molecule has 1 fully saturated rings. The Bertz CT molecular complexity index is 444. The van der Waals surface area contributed by atoms with Crippen molar-refractivity contribution in [2.75, 3.05) is 20.8 Å². The lowest BCUT2D eigenvalue weighted by atomic mass is 9.89. The van der Waals surface area contributed by atoms with E-state index in [1.165, 1.54) is 0 Å². The van der Waals surface area contributed by atoms with E-state index >= 15 is 0 Å². The molecule has 0 aromatic heterocycles. The molecule has 0 heterocycles. The molecule has 1 atom stereocenters. The molecule has 1 aliphatic rings. The van der Waals surface area contributed by atoms with Gasteiger partial charge in [-0.2, -0.15) is 0 Å². The summed E-state index contributed by atoms with van der Waals surface area (Å²) < 4.78 is 5.50. The Morgan fingerprint density at radius 1 is 1.50 bits per heavy atom. The van der Waals surface area contributed by atoms with Crippen molar-refractivity contribution in [3.05, 3.63) is 28.3 Å². The molecule has 0 aliphatic heterocycles. The van der Waals surface area contributed by atoms with Crippen molar-refractivity contribution in [1.82, 2.24) is 5.32 Å². The molecule has 0 radical (unpaired) electrons. The molecule has 2 N–H and O–H groups in total. The number of hydrogen-bond acceptors (Lipinski definition) is 3. The molecule has 3 nitrogen and oxygen atoms in total. The first-order chi connectivity index (χ1) is 8.57. The Morgan fingerprint density at radius 3 is 2.61 bits per heavy atom. The minimum Gasteiger partial charge on any atom is -0.496 e. The Balaban J connectivity index is 2.48. The van der Waals surface area contributed by atoms with E-state index in [0.29, 0.717) is 5.02 Å². The SMILES string of the molecule is CNC(c1cc(Cl)cc(C)c1OC)C1(CO)CC1. The van der Waals surface area contributed by atoms with E-state index in [0.717, 1.165) is 29.7 Å². The molecule has 0 saturated heterocycles. The van der Waals surface area contributed by atoms with Gasteiger partial charge in [0.05, 0.1) is 13.7 Å². The normalized spacial score (nSPS) is 18.5. The summed E-state index contributed by atoms with van der Waals surface area (Å²) in [6.07, 6.45) is 2.06. The molecule has 1 unspecified atom stereocenters. The van der Waals surface area contributed by atoms with E-state index in [4.69, 9.17) is 16.3 Å². The molecule has 0 spiro atoms. The van der Waals surface area contributed by atoms with E-state index in [1.807, 2.05) is 26.1 Å². The van der Waals surface area contributed by atoms with E-state index < -0.39 is 0 Å². The molecule has 0 amide bonds. The summed E-state index contributed by atoms with van der Waals surface area (Å²) in [6.45, 7) is 2.17. The van der Waals surface area contributed by atoms with Gasteiger partial charge in [-0.3, -0.25) is 0 Å². The number of aliphatic hydroxyl groups is 1. The number of methoxy groups -OCH3 is 1. The quantitative estimate of drug-likeness (QED) is 0.864. The number of aryl methyl sites for hydroxylation is 1. The summed E-state index contributed by atoms with van der Waals surface area (Å²) >= 11 is 6.15. The van der Waals surface area contributed by atoms with E-state index in [2.05, 4.69) is 5.32 Å². The van der Waals surface area contributed by atoms with Crippen molar-refractivity contribution in [3.8, 4) is 5.75 Å². The maximum atomic E-state index is 9.61. The van der Waals surface area contributed by atoms with Gasteiger partial charge < -0.3 is 15.2 Å². The van der Waals surface area contributed by atoms with Crippen molar-refractivity contribution in [2.24, 2.45) is 5.41 Å². The second-order valence-electron chi connectivity index (χ2n) is 5.09. The van der Waals surface area contributed by atoms with Crippen LogP contribution in [0.2, 0.25) is 5.02 Å². The number of ether oxygens (including phenoxy) is 1. The fourth-order valence-electron chi connectivity index (χ4n) is 2.74. The summed E-state index contributed by atoms with van der Waals surface area (Å²) in [5, 5.41) is 13.6. The summed E-state index contributed by atoms with van der Waals surface area (Å²) in [7, 11) is 3.58. The third kappa shape index (κ3) is 2.22. The molecule has 2 rings (SSSR count). The van der Waals surface area contributed by atoms with Crippen LogP contribution in [0.1, 0.15) is 30.0 Å². The van der Waals surface area contributed by atoms with Gasteiger partial charge in [0.15, 0.2) is 0 Å². The second kappa shape index (κ2) is 5.08. The molecule has 0 bridgehead atoms. The van der Waals surface area contributed by atoms with Crippen LogP contribution < -0.4 is 10.1 Å². The van der Waals surface area contributed by atoms with Gasteiger partial charge in [-0.05, 0) is 44.5 Å². The van der Waals surface area contributed by atoms with Crippen LogP contribution in [0.5, 0.6) is 5.75 Å². The van der Waals surface area contributed by atoms with Gasteiger partial charge in [0, 0.05) is 22.0 Å². The highest BCUT2D eigenvalue weighted by atomic mass is 35.5. The lowest BCUT2D eigenvalue weighted by Crippen LogP contribution is -2.29. The van der Waals surface area contributed by atoms with E-state index in [9.17, 15) is 5.11 Å². The van der Waals surface area contributed by atoms with Crippen molar-refractivity contribution in [3.63, 3.8) is 0 Å². The maximum Gasteiger partial charge on any atom is 0.126 e. The third-order valence-electron chi connectivity index (χ3n) is 3.89. The first-order valence-corrected chi connectivity index (χ1v) is 6.58. The van der Waals surface area contributed by atoms with Crippen molar-refractivity contribution < 1.29 is 9.84 Å². The Hall–Kier alpha value is -0.770. The minimum atomic E-state index is -0.0564. The van der Waals surface area contributed by atoms with Crippen LogP contribution in [0.3, 0.4) is 0 Å². The number of hydrogen-bond donors (Lipinski definition) is 2. The maximum absolute atomic E-state index is 9.61. The smallest absolute Gasteiger partial charge is 0.126 e. The van der Waals surface area contributed by atoms with Gasteiger partial charge >= 0.3 is 0 Å². The van der Waals surface area contributed by atoms with Gasteiger partial charge in [-0.1, -0.05) is 11.6 Å². The lowest BCUT2D eigenvalue weighted by Gasteiger charge is -2.27. The van der Waals surface area contributed by atoms with Crippen LogP contribution in [0.25, 0.3) is 0 Å². The number of rotatable bonds is 5. The highest BCUT2D eigenvalue weighted by molar-refractivity contribution is 6.30. The monoisotopic (exact) mass is 269 g/mol. The molecular formula is C14H20ClNO2.